The normalized spacial score (nSPS) is 27.2. The Morgan fingerprint density at radius 2 is 1.08 bits per heavy atom. The van der Waals surface area contributed by atoms with Gasteiger partial charge in [0.25, 0.3) is 0 Å². The van der Waals surface area contributed by atoms with Crippen LogP contribution in [0.1, 0.15) is 54.9 Å². The molecule has 0 aromatic heterocycles. The molecule has 0 amide bonds. The van der Waals surface area contributed by atoms with Gasteiger partial charge in [-0.15, -0.1) is 0 Å². The van der Waals surface area contributed by atoms with Crippen LogP contribution in [0, 0.1) is 0 Å². The molecule has 3 aliphatic rings. The highest BCUT2D eigenvalue weighted by molar-refractivity contribution is 5.91. The molecular weight excluding hydrogens is 785 g/mol. The Morgan fingerprint density at radius 3 is 1.64 bits per heavy atom. The summed E-state index contributed by atoms with van der Waals surface area (Å²) in [7, 11) is 1.36. The molecule has 5 aromatic carbocycles. The highest BCUT2D eigenvalue weighted by atomic mass is 16.8. The van der Waals surface area contributed by atoms with E-state index >= 15 is 0 Å². The first-order valence-corrected chi connectivity index (χ1v) is 20.1. The first-order valence-electron chi connectivity index (χ1n) is 20.1. The maximum atomic E-state index is 13.8. The van der Waals surface area contributed by atoms with Crippen molar-refractivity contribution >= 4 is 17.9 Å². The van der Waals surface area contributed by atoms with Gasteiger partial charge in [-0.05, 0) is 42.0 Å². The second-order valence-electron chi connectivity index (χ2n) is 14.7. The summed E-state index contributed by atoms with van der Waals surface area (Å²) in [6.07, 6.45) is -9.40. The molecule has 0 radical (unpaired) electrons. The average molecular weight is 831 g/mol. The lowest BCUT2D eigenvalue weighted by Crippen LogP contribution is -2.63. The molecule has 316 valence electrons. The molecule has 0 saturated carbocycles. The molecule has 10 atom stereocenters. The number of carbonyl (C=O) groups excluding carboxylic acids is 3. The maximum Gasteiger partial charge on any atom is 0.338 e. The molecule has 1 unspecified atom stereocenters. The predicted molar refractivity (Wildman–Crippen MR) is 217 cm³/mol. The van der Waals surface area contributed by atoms with Crippen LogP contribution >= 0.6 is 0 Å². The number of methoxy groups -OCH3 is 1. The van der Waals surface area contributed by atoms with Crippen molar-refractivity contribution < 1.29 is 61.8 Å². The number of esters is 3. The van der Waals surface area contributed by atoms with E-state index < -0.39 is 79.5 Å². The fourth-order valence-corrected chi connectivity index (χ4v) is 7.50. The van der Waals surface area contributed by atoms with E-state index in [1.54, 1.807) is 91.0 Å². The molecule has 5 aromatic rings. The van der Waals surface area contributed by atoms with Crippen LogP contribution < -0.4 is 0 Å². The Kier molecular flexibility index (Phi) is 13.9. The van der Waals surface area contributed by atoms with Crippen molar-refractivity contribution in [2.24, 2.45) is 0 Å². The molecule has 0 N–H and O–H groups in total. The average Bonchev–Trinajstić information content (AvgIpc) is 3.32. The Balaban J connectivity index is 1.06. The van der Waals surface area contributed by atoms with Crippen molar-refractivity contribution in [3.05, 3.63) is 179 Å². The third kappa shape index (κ3) is 10.4. The molecule has 0 bridgehead atoms. The topological polar surface area (TPSA) is 144 Å². The summed E-state index contributed by atoms with van der Waals surface area (Å²) < 4.78 is 62.6. The number of benzene rings is 5. The summed E-state index contributed by atoms with van der Waals surface area (Å²) in [6, 6.07) is 44.4. The second-order valence-corrected chi connectivity index (χ2v) is 14.7. The minimum Gasteiger partial charge on any atom is -0.452 e. The summed E-state index contributed by atoms with van der Waals surface area (Å²) in [5.74, 6) is -2.23. The summed E-state index contributed by atoms with van der Waals surface area (Å²) in [5, 5.41) is 0. The van der Waals surface area contributed by atoms with E-state index in [-0.39, 0.29) is 36.3 Å². The first-order chi connectivity index (χ1) is 29.9. The monoisotopic (exact) mass is 830 g/mol. The van der Waals surface area contributed by atoms with Gasteiger partial charge in [0.1, 0.15) is 18.3 Å². The van der Waals surface area contributed by atoms with Gasteiger partial charge in [0.05, 0.1) is 42.6 Å². The summed E-state index contributed by atoms with van der Waals surface area (Å²) >= 11 is 0. The second kappa shape index (κ2) is 20.2. The highest BCUT2D eigenvalue weighted by Gasteiger charge is 2.54. The molecule has 8 rings (SSSR count). The van der Waals surface area contributed by atoms with E-state index in [1.807, 2.05) is 60.7 Å². The van der Waals surface area contributed by atoms with Crippen LogP contribution in [0.3, 0.4) is 0 Å². The smallest absolute Gasteiger partial charge is 0.338 e. The van der Waals surface area contributed by atoms with Gasteiger partial charge in [0.15, 0.2) is 37.2 Å². The van der Waals surface area contributed by atoms with E-state index in [0.29, 0.717) is 6.61 Å². The predicted octanol–water partition coefficient (Wildman–Crippen LogP) is 6.87. The van der Waals surface area contributed by atoms with Gasteiger partial charge >= 0.3 is 17.9 Å². The number of rotatable bonds is 14. The fourth-order valence-electron chi connectivity index (χ4n) is 7.50. The van der Waals surface area contributed by atoms with Gasteiger partial charge in [-0.2, -0.15) is 0 Å². The SMILES string of the molecule is CO[C@H]1O[C@H](CO[C@@H]2C[C@@H](OCc3ccccc3)[C@@H]3OC(c4ccccc4)OC[C@H]3O2)[C@@H](OC(=O)c2ccccc2)[C@H](OC(=O)c2ccccc2)[C@H]1OC(=O)c1ccccc1. The van der Waals surface area contributed by atoms with Crippen LogP contribution in [0.5, 0.6) is 0 Å². The molecule has 13 heteroatoms. The third-order valence-corrected chi connectivity index (χ3v) is 10.6. The van der Waals surface area contributed by atoms with Crippen molar-refractivity contribution in [2.75, 3.05) is 20.3 Å². The van der Waals surface area contributed by atoms with E-state index in [2.05, 4.69) is 0 Å². The van der Waals surface area contributed by atoms with Crippen LogP contribution in [0.4, 0.5) is 0 Å². The van der Waals surface area contributed by atoms with E-state index in [1.165, 1.54) is 7.11 Å². The molecule has 3 heterocycles. The summed E-state index contributed by atoms with van der Waals surface area (Å²) in [6.45, 7) is 0.273. The van der Waals surface area contributed by atoms with Crippen molar-refractivity contribution in [3.63, 3.8) is 0 Å². The van der Waals surface area contributed by atoms with E-state index in [4.69, 9.17) is 47.4 Å². The summed E-state index contributed by atoms with van der Waals surface area (Å²) in [4.78, 5) is 41.2. The Morgan fingerprint density at radius 1 is 0.574 bits per heavy atom. The zero-order chi connectivity index (χ0) is 42.0. The minimum absolute atomic E-state index is 0.199. The number of hydrogen-bond donors (Lipinski definition) is 0. The minimum atomic E-state index is -1.44. The Labute approximate surface area is 353 Å². The third-order valence-electron chi connectivity index (χ3n) is 10.6. The lowest BCUT2D eigenvalue weighted by atomic mass is 9.97. The van der Waals surface area contributed by atoms with Crippen molar-refractivity contribution in [3.8, 4) is 0 Å². The van der Waals surface area contributed by atoms with Crippen LogP contribution in [-0.4, -0.2) is 93.5 Å². The van der Waals surface area contributed by atoms with Gasteiger partial charge in [-0.3, -0.25) is 0 Å². The van der Waals surface area contributed by atoms with Crippen LogP contribution in [0.2, 0.25) is 0 Å². The zero-order valence-electron chi connectivity index (χ0n) is 33.3. The van der Waals surface area contributed by atoms with Crippen LogP contribution in [0.25, 0.3) is 0 Å². The van der Waals surface area contributed by atoms with Crippen molar-refractivity contribution in [2.45, 2.75) is 74.6 Å². The molecular formula is C48H46O13. The molecule has 3 fully saturated rings. The van der Waals surface area contributed by atoms with Crippen molar-refractivity contribution in [1.29, 1.82) is 0 Å². The lowest BCUT2D eigenvalue weighted by molar-refractivity contribution is -0.349. The number of ether oxygens (including phenoxy) is 10. The molecule has 0 spiro atoms. The van der Waals surface area contributed by atoms with Gasteiger partial charge in [0.2, 0.25) is 0 Å². The molecule has 13 nitrogen and oxygen atoms in total. The largest absolute Gasteiger partial charge is 0.452 e. The number of fused-ring (bicyclic) bond motifs is 1. The quantitative estimate of drug-likeness (QED) is 0.0850. The highest BCUT2D eigenvalue weighted by Crippen LogP contribution is 2.37. The first kappa shape index (κ1) is 41.9. The van der Waals surface area contributed by atoms with Crippen LogP contribution in [0.15, 0.2) is 152 Å². The maximum absolute atomic E-state index is 13.8. The molecule has 61 heavy (non-hydrogen) atoms. The van der Waals surface area contributed by atoms with Gasteiger partial charge in [-0.25, -0.2) is 14.4 Å². The van der Waals surface area contributed by atoms with E-state index in [9.17, 15) is 14.4 Å². The zero-order valence-corrected chi connectivity index (χ0v) is 33.3. The molecule has 3 aliphatic heterocycles. The molecule has 0 aliphatic carbocycles. The number of hydrogen-bond acceptors (Lipinski definition) is 13. The number of carbonyl (C=O) groups is 3. The Bertz CT molecular complexity index is 2160. The Hall–Kier alpha value is -5.77. The van der Waals surface area contributed by atoms with E-state index in [0.717, 1.165) is 11.1 Å². The van der Waals surface area contributed by atoms with Gasteiger partial charge < -0.3 is 47.4 Å². The van der Waals surface area contributed by atoms with Crippen LogP contribution in [-0.2, 0) is 54.0 Å². The van der Waals surface area contributed by atoms with Gasteiger partial charge in [-0.1, -0.05) is 115 Å². The van der Waals surface area contributed by atoms with Gasteiger partial charge in [0, 0.05) is 19.1 Å². The molecule has 3 saturated heterocycles. The van der Waals surface area contributed by atoms with Crippen molar-refractivity contribution in [1.82, 2.24) is 0 Å². The summed E-state index contributed by atoms with van der Waals surface area (Å²) in [5.41, 5.74) is 2.53. The standard InChI is InChI=1S/C48H46O13/c1-52-48-43(60-46(51)34-23-13-5-14-24-34)42(59-45(50)33-21-11-4-12-22-33)41(58-44(49)32-19-9-3-10-20-32)38(57-48)29-54-39-27-36(53-28-31-17-7-2-8-18-31)40-37(56-39)30-55-47(61-40)35-25-15-6-16-26-35/h2-26,36-43,47-48H,27-30H2,1H3/t36-,37-,38-,39+,40+,41-,42+,43-,47?,48+/m1/s1. The fraction of sp³-hybridized carbons (Fsp3) is 0.312. The lowest BCUT2D eigenvalue weighted by Gasteiger charge is -2.46.